The largest absolute Gasteiger partial charge is 0.478 e. The minimum atomic E-state index is -0.994. The number of carboxylic acids is 1. The third-order valence-corrected chi connectivity index (χ3v) is 4.47. The van der Waals surface area contributed by atoms with Gasteiger partial charge in [0.05, 0.1) is 11.3 Å². The number of hydrogen-bond donors (Lipinski definition) is 3. The first-order chi connectivity index (χ1) is 13.6. The highest BCUT2D eigenvalue weighted by atomic mass is 16.4. The second kappa shape index (κ2) is 6.88. The third kappa shape index (κ3) is 2.95. The van der Waals surface area contributed by atoms with Gasteiger partial charge in [-0.2, -0.15) is 0 Å². The number of hydrogen-bond acceptors (Lipinski definition) is 5. The van der Waals surface area contributed by atoms with Gasteiger partial charge in [-0.05, 0) is 24.3 Å². The Bertz CT molecular complexity index is 1200. The fourth-order valence-corrected chi connectivity index (χ4v) is 3.14. The fraction of sp³-hybridized carbons (Fsp3) is 0. The van der Waals surface area contributed by atoms with Gasteiger partial charge in [0.1, 0.15) is 11.4 Å². The van der Waals surface area contributed by atoms with E-state index in [1.165, 1.54) is 12.1 Å². The predicted octanol–water partition coefficient (Wildman–Crippen LogP) is 3.51. The van der Waals surface area contributed by atoms with Gasteiger partial charge in [-0.1, -0.05) is 47.6 Å². The van der Waals surface area contributed by atoms with Crippen molar-refractivity contribution in [3.8, 4) is 11.3 Å². The number of fused-ring (bicyclic) bond motifs is 1. The fourth-order valence-electron chi connectivity index (χ4n) is 3.14. The van der Waals surface area contributed by atoms with Crippen LogP contribution >= 0.6 is 0 Å². The van der Waals surface area contributed by atoms with Crippen molar-refractivity contribution in [1.82, 2.24) is 9.38 Å². The van der Waals surface area contributed by atoms with Gasteiger partial charge in [0.25, 0.3) is 0 Å². The summed E-state index contributed by atoms with van der Waals surface area (Å²) in [4.78, 5) is 15.5. The van der Waals surface area contributed by atoms with Gasteiger partial charge < -0.3 is 16.0 Å². The molecule has 4 aromatic rings. The summed E-state index contributed by atoms with van der Waals surface area (Å²) in [5.41, 5.74) is 10.2. The molecular weight excluding hydrogens is 356 g/mol. The molecule has 28 heavy (non-hydrogen) atoms. The van der Waals surface area contributed by atoms with Crippen LogP contribution in [0.15, 0.2) is 78.1 Å². The lowest BCUT2D eigenvalue weighted by molar-refractivity contribution is 0.0697. The molecule has 0 amide bonds. The van der Waals surface area contributed by atoms with Gasteiger partial charge in [0.15, 0.2) is 5.82 Å². The monoisotopic (exact) mass is 372 g/mol. The highest BCUT2D eigenvalue weighted by molar-refractivity contribution is 6.12. The number of nitrogens with two attached hydrogens (primary N) is 1. The predicted molar refractivity (Wildman–Crippen MR) is 106 cm³/mol. The Morgan fingerprint density at radius 1 is 0.929 bits per heavy atom. The average molecular weight is 372 g/mol. The Labute approximate surface area is 160 Å². The number of anilines is 1. The molecule has 0 spiro atoms. The van der Waals surface area contributed by atoms with Gasteiger partial charge >= 0.3 is 5.97 Å². The smallest absolute Gasteiger partial charge is 0.335 e. The summed E-state index contributed by atoms with van der Waals surface area (Å²) in [6.45, 7) is 0. The van der Waals surface area contributed by atoms with E-state index >= 15 is 0 Å². The number of imidazole rings is 1. The zero-order valence-corrected chi connectivity index (χ0v) is 14.6. The van der Waals surface area contributed by atoms with Crippen LogP contribution in [0.3, 0.4) is 0 Å². The van der Waals surface area contributed by atoms with Crippen LogP contribution in [0, 0.1) is 0 Å². The van der Waals surface area contributed by atoms with Crippen LogP contribution in [-0.4, -0.2) is 31.4 Å². The van der Waals surface area contributed by atoms with Crippen LogP contribution < -0.4 is 5.73 Å². The molecule has 0 fully saturated rings. The maximum Gasteiger partial charge on any atom is 0.335 e. The van der Waals surface area contributed by atoms with E-state index in [1.54, 1.807) is 34.9 Å². The lowest BCUT2D eigenvalue weighted by Crippen LogP contribution is -2.05. The minimum absolute atomic E-state index is 0.190. The van der Waals surface area contributed by atoms with Crippen molar-refractivity contribution in [3.05, 3.63) is 89.6 Å². The number of nitrogen functional groups attached to an aromatic ring is 1. The summed E-state index contributed by atoms with van der Waals surface area (Å²) in [7, 11) is 0. The molecule has 0 saturated heterocycles. The van der Waals surface area contributed by atoms with E-state index in [1.807, 2.05) is 30.3 Å². The van der Waals surface area contributed by atoms with Crippen LogP contribution in [0.5, 0.6) is 0 Å². The SMILES string of the molecule is Nc1nc2ccc(C(=NO)c3ccccc3)cn2c1-c1ccc(C(=O)O)cc1. The second-order valence-corrected chi connectivity index (χ2v) is 6.19. The summed E-state index contributed by atoms with van der Waals surface area (Å²) in [5, 5.41) is 22.1. The number of oxime groups is 1. The van der Waals surface area contributed by atoms with E-state index in [4.69, 9.17) is 10.8 Å². The highest BCUT2D eigenvalue weighted by Crippen LogP contribution is 2.28. The summed E-state index contributed by atoms with van der Waals surface area (Å²) in [6, 6.07) is 19.3. The standard InChI is InChI=1S/C21H16N4O3/c22-20-19(14-6-8-15(9-7-14)21(26)27)25-12-16(10-11-17(25)23-20)18(24-28)13-4-2-1-3-5-13/h1-12,28H,22H2,(H,26,27). The first-order valence-corrected chi connectivity index (χ1v) is 8.47. The maximum atomic E-state index is 11.1. The Morgan fingerprint density at radius 3 is 2.25 bits per heavy atom. The molecule has 0 radical (unpaired) electrons. The molecule has 0 atom stereocenters. The molecule has 2 heterocycles. The minimum Gasteiger partial charge on any atom is -0.478 e. The highest BCUT2D eigenvalue weighted by Gasteiger charge is 2.15. The number of pyridine rings is 1. The normalized spacial score (nSPS) is 11.6. The number of aromatic nitrogens is 2. The molecule has 0 saturated carbocycles. The quantitative estimate of drug-likeness (QED) is 0.288. The maximum absolute atomic E-state index is 11.1. The van der Waals surface area contributed by atoms with Gasteiger partial charge in [0, 0.05) is 22.9 Å². The van der Waals surface area contributed by atoms with E-state index < -0.39 is 5.97 Å². The molecule has 7 nitrogen and oxygen atoms in total. The first kappa shape index (κ1) is 17.3. The van der Waals surface area contributed by atoms with Crippen LogP contribution in [0.1, 0.15) is 21.5 Å². The topological polar surface area (TPSA) is 113 Å². The zero-order valence-electron chi connectivity index (χ0n) is 14.6. The van der Waals surface area contributed by atoms with Crippen molar-refractivity contribution in [3.63, 3.8) is 0 Å². The van der Waals surface area contributed by atoms with E-state index in [2.05, 4.69) is 10.1 Å². The average Bonchev–Trinajstić information content (AvgIpc) is 3.04. The summed E-state index contributed by atoms with van der Waals surface area (Å²) < 4.78 is 1.80. The van der Waals surface area contributed by atoms with E-state index in [0.29, 0.717) is 28.4 Å². The molecule has 4 N–H and O–H groups in total. The first-order valence-electron chi connectivity index (χ1n) is 8.47. The van der Waals surface area contributed by atoms with Crippen molar-refractivity contribution in [2.24, 2.45) is 5.16 Å². The Kier molecular flexibility index (Phi) is 4.25. The molecule has 7 heteroatoms. The molecule has 0 aliphatic carbocycles. The van der Waals surface area contributed by atoms with Crippen molar-refractivity contribution in [1.29, 1.82) is 0 Å². The van der Waals surface area contributed by atoms with Crippen LogP contribution in [0.2, 0.25) is 0 Å². The summed E-state index contributed by atoms with van der Waals surface area (Å²) in [6.07, 6.45) is 1.79. The molecule has 4 rings (SSSR count). The molecular formula is C21H16N4O3. The number of carboxylic acid groups (broad SMARTS) is 1. The Morgan fingerprint density at radius 2 is 1.61 bits per heavy atom. The molecule has 0 aliphatic rings. The second-order valence-electron chi connectivity index (χ2n) is 6.19. The molecule has 0 unspecified atom stereocenters. The Hall–Kier alpha value is -4.13. The molecule has 0 bridgehead atoms. The van der Waals surface area contributed by atoms with Crippen molar-refractivity contribution in [2.75, 3.05) is 5.73 Å². The number of nitrogens with zero attached hydrogens (tertiary/aromatic N) is 3. The van der Waals surface area contributed by atoms with Crippen molar-refractivity contribution < 1.29 is 15.1 Å². The van der Waals surface area contributed by atoms with Gasteiger partial charge in [0.2, 0.25) is 0 Å². The number of rotatable bonds is 4. The molecule has 138 valence electrons. The van der Waals surface area contributed by atoms with Gasteiger partial charge in [-0.25, -0.2) is 9.78 Å². The van der Waals surface area contributed by atoms with Crippen LogP contribution in [0.25, 0.3) is 16.9 Å². The van der Waals surface area contributed by atoms with E-state index in [-0.39, 0.29) is 5.56 Å². The third-order valence-electron chi connectivity index (χ3n) is 4.47. The molecule has 0 aliphatic heterocycles. The van der Waals surface area contributed by atoms with Gasteiger partial charge in [-0.15, -0.1) is 0 Å². The lowest BCUT2D eigenvalue weighted by atomic mass is 10.0. The van der Waals surface area contributed by atoms with Crippen molar-refractivity contribution in [2.45, 2.75) is 0 Å². The molecule has 2 aromatic heterocycles. The van der Waals surface area contributed by atoms with E-state index in [0.717, 1.165) is 11.1 Å². The molecule has 2 aromatic carbocycles. The summed E-state index contributed by atoms with van der Waals surface area (Å²) >= 11 is 0. The van der Waals surface area contributed by atoms with E-state index in [9.17, 15) is 10.0 Å². The number of aromatic carboxylic acids is 1. The van der Waals surface area contributed by atoms with Gasteiger partial charge in [-0.3, -0.25) is 4.40 Å². The van der Waals surface area contributed by atoms with Crippen LogP contribution in [-0.2, 0) is 0 Å². The summed E-state index contributed by atoms with van der Waals surface area (Å²) in [5.74, 6) is -0.672. The zero-order chi connectivity index (χ0) is 19.7. The number of benzene rings is 2. The van der Waals surface area contributed by atoms with Crippen LogP contribution in [0.4, 0.5) is 5.82 Å². The number of carbonyl (C=O) groups is 1. The van der Waals surface area contributed by atoms with Crippen molar-refractivity contribution >= 4 is 23.1 Å². The lowest BCUT2D eigenvalue weighted by Gasteiger charge is -2.08. The Balaban J connectivity index is 1.86.